The molecule has 0 spiro atoms. The van der Waals surface area contributed by atoms with Crippen molar-refractivity contribution in [2.24, 2.45) is 0 Å². The number of nitrogens with one attached hydrogen (secondary N) is 1. The van der Waals surface area contributed by atoms with Crippen molar-refractivity contribution in [3.8, 4) is 11.5 Å². The van der Waals surface area contributed by atoms with E-state index in [4.69, 9.17) is 9.47 Å². The number of ether oxygens (including phenoxy) is 2. The highest BCUT2D eigenvalue weighted by molar-refractivity contribution is 5.80. The molecule has 0 saturated heterocycles. The van der Waals surface area contributed by atoms with Crippen LogP contribution in [0, 0.1) is 0 Å². The van der Waals surface area contributed by atoms with E-state index in [0.717, 1.165) is 29.9 Å². The zero-order valence-corrected chi connectivity index (χ0v) is 16.8. The molecule has 0 bridgehead atoms. The fourth-order valence-electron chi connectivity index (χ4n) is 2.84. The number of rotatable bonds is 10. The molecule has 0 fully saturated rings. The molecule has 0 saturated carbocycles. The van der Waals surface area contributed by atoms with E-state index in [1.54, 1.807) is 6.92 Å². The SMILES string of the molecule is CCCc1ccc(OCCNC(=O)C(C)Oc2ccccc2C(C)C)cc1. The van der Waals surface area contributed by atoms with Gasteiger partial charge in [0.25, 0.3) is 5.91 Å². The van der Waals surface area contributed by atoms with Gasteiger partial charge in [-0.15, -0.1) is 0 Å². The van der Waals surface area contributed by atoms with Crippen LogP contribution in [0.15, 0.2) is 48.5 Å². The van der Waals surface area contributed by atoms with Crippen LogP contribution in [-0.4, -0.2) is 25.2 Å². The lowest BCUT2D eigenvalue weighted by molar-refractivity contribution is -0.127. The molecule has 0 aromatic heterocycles. The summed E-state index contributed by atoms with van der Waals surface area (Å²) >= 11 is 0. The quantitative estimate of drug-likeness (QED) is 0.616. The zero-order valence-electron chi connectivity index (χ0n) is 16.8. The molecule has 0 heterocycles. The van der Waals surface area contributed by atoms with Gasteiger partial charge in [0.2, 0.25) is 0 Å². The van der Waals surface area contributed by atoms with Crippen LogP contribution in [0.3, 0.4) is 0 Å². The number of benzene rings is 2. The van der Waals surface area contributed by atoms with Crippen molar-refractivity contribution in [3.63, 3.8) is 0 Å². The lowest BCUT2D eigenvalue weighted by Gasteiger charge is -2.18. The van der Waals surface area contributed by atoms with E-state index in [-0.39, 0.29) is 5.91 Å². The normalized spacial score (nSPS) is 11.9. The highest BCUT2D eigenvalue weighted by Gasteiger charge is 2.16. The van der Waals surface area contributed by atoms with E-state index in [0.29, 0.717) is 19.1 Å². The number of carbonyl (C=O) groups is 1. The molecule has 2 aromatic carbocycles. The Morgan fingerprint density at radius 2 is 1.74 bits per heavy atom. The summed E-state index contributed by atoms with van der Waals surface area (Å²) < 4.78 is 11.5. The third-order valence-electron chi connectivity index (χ3n) is 4.35. The average molecular weight is 370 g/mol. The van der Waals surface area contributed by atoms with E-state index >= 15 is 0 Å². The number of para-hydroxylation sites is 1. The second kappa shape index (κ2) is 10.6. The van der Waals surface area contributed by atoms with Crippen LogP contribution in [0.1, 0.15) is 51.2 Å². The summed E-state index contributed by atoms with van der Waals surface area (Å²) in [6.07, 6.45) is 1.65. The Balaban J connectivity index is 1.75. The van der Waals surface area contributed by atoms with E-state index in [2.05, 4.69) is 38.2 Å². The van der Waals surface area contributed by atoms with Gasteiger partial charge in [0, 0.05) is 0 Å². The minimum Gasteiger partial charge on any atom is -0.492 e. The van der Waals surface area contributed by atoms with Crippen LogP contribution in [-0.2, 0) is 11.2 Å². The molecule has 1 amide bonds. The Kier molecular flexibility index (Phi) is 8.18. The maximum atomic E-state index is 12.3. The van der Waals surface area contributed by atoms with E-state index < -0.39 is 6.10 Å². The van der Waals surface area contributed by atoms with Gasteiger partial charge < -0.3 is 14.8 Å². The second-order valence-corrected chi connectivity index (χ2v) is 6.99. The number of carbonyl (C=O) groups excluding carboxylic acids is 1. The largest absolute Gasteiger partial charge is 0.492 e. The Labute approximate surface area is 162 Å². The predicted molar refractivity (Wildman–Crippen MR) is 110 cm³/mol. The van der Waals surface area contributed by atoms with Crippen LogP contribution >= 0.6 is 0 Å². The minimum absolute atomic E-state index is 0.143. The van der Waals surface area contributed by atoms with E-state index in [9.17, 15) is 4.79 Å². The first-order valence-electron chi connectivity index (χ1n) is 9.76. The molecule has 4 nitrogen and oxygen atoms in total. The Bertz CT molecular complexity index is 710. The van der Waals surface area contributed by atoms with Gasteiger partial charge in [0.15, 0.2) is 6.10 Å². The Morgan fingerprint density at radius 3 is 2.41 bits per heavy atom. The summed E-state index contributed by atoms with van der Waals surface area (Å²) in [5.41, 5.74) is 2.41. The standard InChI is InChI=1S/C23H31NO3/c1-5-8-19-11-13-20(14-12-19)26-16-15-24-23(25)18(4)27-22-10-7-6-9-21(22)17(2)3/h6-7,9-14,17-18H,5,8,15-16H2,1-4H3,(H,24,25). The maximum Gasteiger partial charge on any atom is 0.260 e. The third kappa shape index (κ3) is 6.63. The monoisotopic (exact) mass is 369 g/mol. The van der Waals surface area contributed by atoms with Gasteiger partial charge >= 0.3 is 0 Å². The Hall–Kier alpha value is -2.49. The molecule has 0 aliphatic heterocycles. The summed E-state index contributed by atoms with van der Waals surface area (Å²) in [7, 11) is 0. The first-order chi connectivity index (χ1) is 13.0. The fourth-order valence-corrected chi connectivity index (χ4v) is 2.84. The molecule has 2 aromatic rings. The van der Waals surface area contributed by atoms with E-state index in [1.165, 1.54) is 5.56 Å². The van der Waals surface area contributed by atoms with Gasteiger partial charge in [-0.3, -0.25) is 4.79 Å². The van der Waals surface area contributed by atoms with Gasteiger partial charge in [-0.1, -0.05) is 57.5 Å². The van der Waals surface area contributed by atoms with Crippen molar-refractivity contribution in [1.29, 1.82) is 0 Å². The van der Waals surface area contributed by atoms with Gasteiger partial charge in [-0.2, -0.15) is 0 Å². The summed E-state index contributed by atoms with van der Waals surface area (Å²) in [6, 6.07) is 16.0. The van der Waals surface area contributed by atoms with Crippen LogP contribution in [0.25, 0.3) is 0 Å². The topological polar surface area (TPSA) is 47.6 Å². The van der Waals surface area contributed by atoms with Crippen molar-refractivity contribution in [2.45, 2.75) is 52.6 Å². The fraction of sp³-hybridized carbons (Fsp3) is 0.435. The van der Waals surface area contributed by atoms with Gasteiger partial charge in [-0.25, -0.2) is 0 Å². The zero-order chi connectivity index (χ0) is 19.6. The molecule has 27 heavy (non-hydrogen) atoms. The first-order valence-corrected chi connectivity index (χ1v) is 9.76. The smallest absolute Gasteiger partial charge is 0.260 e. The molecule has 0 radical (unpaired) electrons. The van der Waals surface area contributed by atoms with Crippen LogP contribution in [0.4, 0.5) is 0 Å². The van der Waals surface area contributed by atoms with Gasteiger partial charge in [0.05, 0.1) is 6.54 Å². The maximum absolute atomic E-state index is 12.3. The molecule has 0 aliphatic rings. The molecule has 4 heteroatoms. The van der Waals surface area contributed by atoms with Crippen molar-refractivity contribution in [1.82, 2.24) is 5.32 Å². The van der Waals surface area contributed by atoms with Crippen molar-refractivity contribution >= 4 is 5.91 Å². The molecule has 2 rings (SSSR count). The lowest BCUT2D eigenvalue weighted by atomic mass is 10.0. The predicted octanol–water partition coefficient (Wildman–Crippen LogP) is 4.73. The molecule has 1 N–H and O–H groups in total. The molecule has 146 valence electrons. The summed E-state index contributed by atoms with van der Waals surface area (Å²) in [5, 5.41) is 2.86. The summed E-state index contributed by atoms with van der Waals surface area (Å²) in [6.45, 7) is 9.01. The first kappa shape index (κ1) is 20.8. The van der Waals surface area contributed by atoms with Gasteiger partial charge in [-0.05, 0) is 48.6 Å². The minimum atomic E-state index is -0.557. The number of aryl methyl sites for hydroxylation is 1. The molecule has 1 atom stereocenters. The number of hydrogen-bond acceptors (Lipinski definition) is 3. The Morgan fingerprint density at radius 1 is 1.04 bits per heavy atom. The van der Waals surface area contributed by atoms with Crippen molar-refractivity contribution in [2.75, 3.05) is 13.2 Å². The summed E-state index contributed by atoms with van der Waals surface area (Å²) in [5.74, 6) is 1.78. The average Bonchev–Trinajstić information content (AvgIpc) is 2.66. The lowest BCUT2D eigenvalue weighted by Crippen LogP contribution is -2.38. The van der Waals surface area contributed by atoms with E-state index in [1.807, 2.05) is 36.4 Å². The highest BCUT2D eigenvalue weighted by Crippen LogP contribution is 2.26. The highest BCUT2D eigenvalue weighted by atomic mass is 16.5. The van der Waals surface area contributed by atoms with Crippen molar-refractivity contribution < 1.29 is 14.3 Å². The van der Waals surface area contributed by atoms with Crippen molar-refractivity contribution in [3.05, 3.63) is 59.7 Å². The van der Waals surface area contributed by atoms with Gasteiger partial charge in [0.1, 0.15) is 18.1 Å². The number of hydrogen-bond donors (Lipinski definition) is 1. The summed E-state index contributed by atoms with van der Waals surface area (Å²) in [4.78, 5) is 12.3. The molecular formula is C23H31NO3. The third-order valence-corrected chi connectivity index (χ3v) is 4.35. The second-order valence-electron chi connectivity index (χ2n) is 6.99. The number of amides is 1. The van der Waals surface area contributed by atoms with Crippen LogP contribution in [0.2, 0.25) is 0 Å². The molecule has 0 aliphatic carbocycles. The van der Waals surface area contributed by atoms with Crippen LogP contribution in [0.5, 0.6) is 11.5 Å². The molecule has 1 unspecified atom stereocenters. The molecular weight excluding hydrogens is 338 g/mol. The van der Waals surface area contributed by atoms with Crippen LogP contribution < -0.4 is 14.8 Å².